The number of hydrogen-bond donors (Lipinski definition) is 2. The van der Waals surface area contributed by atoms with E-state index in [1.807, 2.05) is 19.1 Å². The minimum absolute atomic E-state index is 0.107. The van der Waals surface area contributed by atoms with Gasteiger partial charge in [0, 0.05) is 5.69 Å². The summed E-state index contributed by atoms with van der Waals surface area (Å²) in [7, 11) is 0. The second-order valence-electron chi connectivity index (χ2n) is 7.47. The quantitative estimate of drug-likeness (QED) is 0.288. The van der Waals surface area contributed by atoms with Crippen molar-refractivity contribution in [2.75, 3.05) is 18.5 Å². The Morgan fingerprint density at radius 3 is 2.56 bits per heavy atom. The SMILES string of the molecule is CCOc1cc(/C=N\NC(=O)c2ccc(C#N)cc2F)cc(Br)c1OCC(=O)Nc1ccc(C)cc1. The lowest BCUT2D eigenvalue weighted by atomic mass is 10.1. The predicted molar refractivity (Wildman–Crippen MR) is 137 cm³/mol. The number of nitriles is 1. The molecule has 0 saturated heterocycles. The molecule has 0 bridgehead atoms. The van der Waals surface area contributed by atoms with Crippen molar-refractivity contribution in [3.05, 3.63) is 87.1 Å². The highest BCUT2D eigenvalue weighted by Crippen LogP contribution is 2.36. The van der Waals surface area contributed by atoms with Gasteiger partial charge in [-0.25, -0.2) is 9.82 Å². The lowest BCUT2D eigenvalue weighted by Crippen LogP contribution is -2.20. The van der Waals surface area contributed by atoms with Crippen molar-refractivity contribution in [3.8, 4) is 17.6 Å². The van der Waals surface area contributed by atoms with Gasteiger partial charge >= 0.3 is 0 Å². The van der Waals surface area contributed by atoms with Crippen LogP contribution in [-0.4, -0.2) is 31.2 Å². The summed E-state index contributed by atoms with van der Waals surface area (Å²) < 4.78 is 25.9. The molecule has 0 aliphatic heterocycles. The van der Waals surface area contributed by atoms with Gasteiger partial charge in [0.1, 0.15) is 5.82 Å². The standard InChI is InChI=1S/C26H22BrFN4O4/c1-3-35-23-12-18(14-30-32-26(34)20-9-6-17(13-29)11-22(20)28)10-21(27)25(23)36-15-24(33)31-19-7-4-16(2)5-8-19/h4-12,14H,3,15H2,1-2H3,(H,31,33)(H,32,34)/b30-14-. The molecular weight excluding hydrogens is 531 g/mol. The van der Waals surface area contributed by atoms with E-state index in [1.54, 1.807) is 37.3 Å². The highest BCUT2D eigenvalue weighted by molar-refractivity contribution is 9.10. The third-order valence-corrected chi connectivity index (χ3v) is 5.33. The van der Waals surface area contributed by atoms with Gasteiger partial charge in [-0.2, -0.15) is 10.4 Å². The molecule has 0 atom stereocenters. The Kier molecular flexibility index (Phi) is 9.13. The number of carbonyl (C=O) groups is 2. The van der Waals surface area contributed by atoms with Crippen LogP contribution in [0.3, 0.4) is 0 Å². The number of ether oxygens (including phenoxy) is 2. The number of amides is 2. The Labute approximate surface area is 215 Å². The molecule has 3 aromatic rings. The Bertz CT molecular complexity index is 1340. The number of rotatable bonds is 9. The first-order valence-electron chi connectivity index (χ1n) is 10.8. The van der Waals surface area contributed by atoms with E-state index >= 15 is 0 Å². The van der Waals surface area contributed by atoms with Gasteiger partial charge in [-0.3, -0.25) is 9.59 Å². The molecule has 10 heteroatoms. The van der Waals surface area contributed by atoms with Gasteiger partial charge in [-0.1, -0.05) is 17.7 Å². The first kappa shape index (κ1) is 26.4. The summed E-state index contributed by atoms with van der Waals surface area (Å²) in [6, 6.07) is 16.0. The van der Waals surface area contributed by atoms with E-state index in [2.05, 4.69) is 31.8 Å². The highest BCUT2D eigenvalue weighted by Gasteiger charge is 2.15. The number of benzene rings is 3. The first-order valence-corrected chi connectivity index (χ1v) is 11.6. The Morgan fingerprint density at radius 2 is 1.89 bits per heavy atom. The van der Waals surface area contributed by atoms with Crippen molar-refractivity contribution in [1.82, 2.24) is 5.43 Å². The Morgan fingerprint density at radius 1 is 1.14 bits per heavy atom. The predicted octanol–water partition coefficient (Wildman–Crippen LogP) is 4.95. The summed E-state index contributed by atoms with van der Waals surface area (Å²) in [4.78, 5) is 24.5. The van der Waals surface area contributed by atoms with Gasteiger partial charge in [0.25, 0.3) is 11.8 Å². The third kappa shape index (κ3) is 7.13. The number of aryl methyl sites for hydroxylation is 1. The van der Waals surface area contributed by atoms with E-state index in [1.165, 1.54) is 18.3 Å². The van der Waals surface area contributed by atoms with Crippen LogP contribution in [0.1, 0.15) is 34.0 Å². The van der Waals surface area contributed by atoms with Crippen LogP contribution in [0.25, 0.3) is 0 Å². The van der Waals surface area contributed by atoms with Crippen LogP contribution in [-0.2, 0) is 4.79 Å². The second-order valence-corrected chi connectivity index (χ2v) is 8.33. The van der Waals surface area contributed by atoms with Crippen molar-refractivity contribution < 1.29 is 23.5 Å². The molecule has 3 aromatic carbocycles. The third-order valence-electron chi connectivity index (χ3n) is 4.74. The summed E-state index contributed by atoms with van der Waals surface area (Å²) in [6.07, 6.45) is 1.35. The molecule has 0 aromatic heterocycles. The van der Waals surface area contributed by atoms with Crippen LogP contribution in [0, 0.1) is 24.1 Å². The van der Waals surface area contributed by atoms with Crippen LogP contribution >= 0.6 is 15.9 Å². The molecule has 0 fully saturated rings. The molecule has 36 heavy (non-hydrogen) atoms. The van der Waals surface area contributed by atoms with Gasteiger partial charge < -0.3 is 14.8 Å². The van der Waals surface area contributed by atoms with Gasteiger partial charge in [0.2, 0.25) is 0 Å². The van der Waals surface area contributed by atoms with Crippen LogP contribution in [0.15, 0.2) is 64.2 Å². The fraction of sp³-hybridized carbons (Fsp3) is 0.154. The minimum Gasteiger partial charge on any atom is -0.490 e. The lowest BCUT2D eigenvalue weighted by Gasteiger charge is -2.14. The molecule has 0 saturated carbocycles. The van der Waals surface area contributed by atoms with Gasteiger partial charge in [0.05, 0.1) is 34.5 Å². The number of hydrogen-bond acceptors (Lipinski definition) is 6. The molecular formula is C26H22BrFN4O4. The average Bonchev–Trinajstić information content (AvgIpc) is 2.85. The van der Waals surface area contributed by atoms with Crippen molar-refractivity contribution in [2.45, 2.75) is 13.8 Å². The smallest absolute Gasteiger partial charge is 0.274 e. The molecule has 3 rings (SSSR count). The summed E-state index contributed by atoms with van der Waals surface area (Å²) in [5, 5.41) is 15.4. The zero-order valence-electron chi connectivity index (χ0n) is 19.5. The molecule has 2 amide bonds. The summed E-state index contributed by atoms with van der Waals surface area (Å²) >= 11 is 3.41. The molecule has 0 heterocycles. The zero-order chi connectivity index (χ0) is 26.1. The maximum Gasteiger partial charge on any atom is 0.274 e. The highest BCUT2D eigenvalue weighted by atomic mass is 79.9. The zero-order valence-corrected chi connectivity index (χ0v) is 21.1. The van der Waals surface area contributed by atoms with Gasteiger partial charge in [-0.05, 0) is 77.8 Å². The monoisotopic (exact) mass is 552 g/mol. The maximum absolute atomic E-state index is 14.0. The fourth-order valence-corrected chi connectivity index (χ4v) is 3.61. The Balaban J connectivity index is 1.67. The molecule has 0 aliphatic carbocycles. The summed E-state index contributed by atoms with van der Waals surface area (Å²) in [5.74, 6) is -1.23. The van der Waals surface area contributed by atoms with E-state index < -0.39 is 11.7 Å². The van der Waals surface area contributed by atoms with E-state index in [4.69, 9.17) is 14.7 Å². The van der Waals surface area contributed by atoms with E-state index in [-0.39, 0.29) is 23.6 Å². The van der Waals surface area contributed by atoms with Crippen LogP contribution in [0.4, 0.5) is 10.1 Å². The number of anilines is 1. The van der Waals surface area contributed by atoms with Crippen molar-refractivity contribution in [1.29, 1.82) is 5.26 Å². The van der Waals surface area contributed by atoms with Gasteiger partial charge in [0.15, 0.2) is 18.1 Å². The van der Waals surface area contributed by atoms with E-state index in [9.17, 15) is 14.0 Å². The molecule has 0 spiro atoms. The van der Waals surface area contributed by atoms with Crippen molar-refractivity contribution >= 4 is 39.6 Å². The average molecular weight is 553 g/mol. The molecule has 0 unspecified atom stereocenters. The van der Waals surface area contributed by atoms with Gasteiger partial charge in [-0.15, -0.1) is 0 Å². The molecule has 8 nitrogen and oxygen atoms in total. The molecule has 2 N–H and O–H groups in total. The lowest BCUT2D eigenvalue weighted by molar-refractivity contribution is -0.118. The van der Waals surface area contributed by atoms with Crippen molar-refractivity contribution in [2.24, 2.45) is 5.10 Å². The van der Waals surface area contributed by atoms with E-state index in [0.29, 0.717) is 33.8 Å². The first-order chi connectivity index (χ1) is 17.3. The number of nitrogens with zero attached hydrogens (tertiary/aromatic N) is 2. The second kappa shape index (κ2) is 12.5. The van der Waals surface area contributed by atoms with E-state index in [0.717, 1.165) is 11.6 Å². The Hall–Kier alpha value is -4.23. The topological polar surface area (TPSA) is 113 Å². The normalized spacial score (nSPS) is 10.5. The summed E-state index contributed by atoms with van der Waals surface area (Å²) in [5.41, 5.74) is 4.40. The van der Waals surface area contributed by atoms with Crippen LogP contribution < -0.4 is 20.2 Å². The fourth-order valence-electron chi connectivity index (χ4n) is 3.03. The minimum atomic E-state index is -0.823. The molecule has 0 aliphatic rings. The van der Waals surface area contributed by atoms with Crippen LogP contribution in [0.5, 0.6) is 11.5 Å². The molecule has 184 valence electrons. The largest absolute Gasteiger partial charge is 0.490 e. The van der Waals surface area contributed by atoms with Crippen LogP contribution in [0.2, 0.25) is 0 Å². The number of hydrazone groups is 1. The number of nitrogens with one attached hydrogen (secondary N) is 2. The molecule has 0 radical (unpaired) electrons. The maximum atomic E-state index is 14.0. The number of carbonyl (C=O) groups excluding carboxylic acids is 2. The number of halogens is 2. The summed E-state index contributed by atoms with van der Waals surface area (Å²) in [6.45, 7) is 3.85. The van der Waals surface area contributed by atoms with Crippen molar-refractivity contribution in [3.63, 3.8) is 0 Å².